The van der Waals surface area contributed by atoms with Gasteiger partial charge in [-0.15, -0.1) is 0 Å². The predicted molar refractivity (Wildman–Crippen MR) is 61.4 cm³/mol. The van der Waals surface area contributed by atoms with Gasteiger partial charge >= 0.3 is 0 Å². The third kappa shape index (κ3) is 2.94. The minimum Gasteiger partial charge on any atom is -0.496 e. The number of ether oxygens (including phenoxy) is 2. The summed E-state index contributed by atoms with van der Waals surface area (Å²) in [6.07, 6.45) is 0.0329. The first-order valence-corrected chi connectivity index (χ1v) is 5.04. The minimum absolute atomic E-state index is 0.0329. The molecule has 0 saturated heterocycles. The molecule has 1 rings (SSSR count). The van der Waals surface area contributed by atoms with Crippen molar-refractivity contribution in [3.63, 3.8) is 0 Å². The molecule has 15 heavy (non-hydrogen) atoms. The molecule has 0 heterocycles. The van der Waals surface area contributed by atoms with Crippen LogP contribution in [0.1, 0.15) is 17.2 Å². The van der Waals surface area contributed by atoms with Crippen molar-refractivity contribution >= 4 is 0 Å². The molecule has 0 amide bonds. The van der Waals surface area contributed by atoms with Gasteiger partial charge in [0.15, 0.2) is 0 Å². The summed E-state index contributed by atoms with van der Waals surface area (Å²) in [4.78, 5) is 0. The van der Waals surface area contributed by atoms with Crippen LogP contribution >= 0.6 is 0 Å². The van der Waals surface area contributed by atoms with Crippen molar-refractivity contribution in [3.05, 3.63) is 29.3 Å². The monoisotopic (exact) mass is 209 g/mol. The quantitative estimate of drug-likeness (QED) is 0.803. The molecule has 0 bridgehead atoms. The Balaban J connectivity index is 2.99. The normalized spacial score (nSPS) is 12.5. The smallest absolute Gasteiger partial charge is 0.124 e. The number of methoxy groups -OCH3 is 2. The summed E-state index contributed by atoms with van der Waals surface area (Å²) in [5, 5.41) is 3.10. The van der Waals surface area contributed by atoms with Gasteiger partial charge in [-0.05, 0) is 25.6 Å². The molecule has 0 aliphatic heterocycles. The summed E-state index contributed by atoms with van der Waals surface area (Å²) in [5.41, 5.74) is 2.27. The molecule has 1 unspecified atom stereocenters. The third-order valence-electron chi connectivity index (χ3n) is 2.41. The maximum atomic E-state index is 5.42. The fourth-order valence-corrected chi connectivity index (χ4v) is 1.59. The van der Waals surface area contributed by atoms with Crippen LogP contribution in [0.4, 0.5) is 0 Å². The van der Waals surface area contributed by atoms with Crippen LogP contribution < -0.4 is 10.1 Å². The lowest BCUT2D eigenvalue weighted by Crippen LogP contribution is -2.19. The lowest BCUT2D eigenvalue weighted by molar-refractivity contribution is 0.102. The minimum atomic E-state index is 0.0329. The highest BCUT2D eigenvalue weighted by atomic mass is 16.5. The highest BCUT2D eigenvalue weighted by Crippen LogP contribution is 2.27. The van der Waals surface area contributed by atoms with Crippen molar-refractivity contribution < 1.29 is 9.47 Å². The van der Waals surface area contributed by atoms with Gasteiger partial charge < -0.3 is 14.8 Å². The summed E-state index contributed by atoms with van der Waals surface area (Å²) in [6.45, 7) is 2.82. The number of hydrogen-bond donors (Lipinski definition) is 1. The number of hydrogen-bond acceptors (Lipinski definition) is 3. The van der Waals surface area contributed by atoms with E-state index < -0.39 is 0 Å². The first kappa shape index (κ1) is 12.0. The van der Waals surface area contributed by atoms with Gasteiger partial charge in [0.05, 0.1) is 13.2 Å². The zero-order valence-corrected chi connectivity index (χ0v) is 9.83. The van der Waals surface area contributed by atoms with Gasteiger partial charge in [-0.2, -0.15) is 0 Å². The highest BCUT2D eigenvalue weighted by molar-refractivity contribution is 5.38. The van der Waals surface area contributed by atoms with Crippen molar-refractivity contribution in [1.29, 1.82) is 0 Å². The molecule has 1 aromatic rings. The Morgan fingerprint density at radius 2 is 2.07 bits per heavy atom. The molecule has 3 nitrogen and oxygen atoms in total. The average molecular weight is 209 g/mol. The van der Waals surface area contributed by atoms with E-state index in [2.05, 4.69) is 17.4 Å². The van der Waals surface area contributed by atoms with Gasteiger partial charge in [0, 0.05) is 19.2 Å². The molecule has 0 radical (unpaired) electrons. The van der Waals surface area contributed by atoms with E-state index in [0.717, 1.165) is 17.9 Å². The summed E-state index contributed by atoms with van der Waals surface area (Å²) in [5.74, 6) is 0.886. The molecule has 0 fully saturated rings. The molecular formula is C12H19NO2. The van der Waals surface area contributed by atoms with E-state index in [1.165, 1.54) is 5.56 Å². The predicted octanol–water partition coefficient (Wildman–Crippen LogP) is 1.91. The Morgan fingerprint density at radius 1 is 1.33 bits per heavy atom. The molecule has 0 aromatic heterocycles. The molecule has 0 aliphatic carbocycles. The van der Waals surface area contributed by atoms with Crippen LogP contribution in [-0.4, -0.2) is 27.8 Å². The summed E-state index contributed by atoms with van der Waals surface area (Å²) < 4.78 is 10.8. The Labute approximate surface area is 91.4 Å². The van der Waals surface area contributed by atoms with Crippen LogP contribution in [-0.2, 0) is 4.74 Å². The van der Waals surface area contributed by atoms with Gasteiger partial charge in [-0.1, -0.05) is 12.1 Å². The van der Waals surface area contributed by atoms with E-state index in [-0.39, 0.29) is 6.10 Å². The zero-order valence-electron chi connectivity index (χ0n) is 9.83. The molecule has 0 saturated carbocycles. The largest absolute Gasteiger partial charge is 0.496 e. The maximum absolute atomic E-state index is 5.42. The van der Waals surface area contributed by atoms with E-state index in [0.29, 0.717) is 0 Å². The second-order valence-electron chi connectivity index (χ2n) is 3.53. The molecule has 0 aliphatic rings. The first-order valence-electron chi connectivity index (χ1n) is 5.04. The first-order chi connectivity index (χ1) is 7.22. The van der Waals surface area contributed by atoms with Crippen LogP contribution in [0.3, 0.4) is 0 Å². The van der Waals surface area contributed by atoms with E-state index in [9.17, 15) is 0 Å². The Kier molecular flexibility index (Phi) is 4.59. The molecule has 1 N–H and O–H groups in total. The van der Waals surface area contributed by atoms with E-state index in [1.807, 2.05) is 20.0 Å². The fourth-order valence-electron chi connectivity index (χ4n) is 1.59. The average Bonchev–Trinajstić information content (AvgIpc) is 2.26. The molecule has 3 heteroatoms. The second kappa shape index (κ2) is 5.73. The van der Waals surface area contributed by atoms with Crippen LogP contribution in [0.5, 0.6) is 5.75 Å². The van der Waals surface area contributed by atoms with Crippen LogP contribution in [0, 0.1) is 6.92 Å². The number of rotatable bonds is 5. The molecule has 0 spiro atoms. The van der Waals surface area contributed by atoms with Crippen molar-refractivity contribution in [1.82, 2.24) is 5.32 Å². The topological polar surface area (TPSA) is 30.5 Å². The Morgan fingerprint density at radius 3 is 2.60 bits per heavy atom. The van der Waals surface area contributed by atoms with Crippen molar-refractivity contribution in [3.8, 4) is 5.75 Å². The molecule has 84 valence electrons. The number of likely N-dealkylation sites (N-methyl/N-ethyl adjacent to an activating group) is 1. The van der Waals surface area contributed by atoms with Crippen LogP contribution in [0.15, 0.2) is 18.2 Å². The van der Waals surface area contributed by atoms with Crippen molar-refractivity contribution in [2.75, 3.05) is 27.8 Å². The maximum Gasteiger partial charge on any atom is 0.124 e. The Bertz CT molecular complexity index is 312. The SMILES string of the molecule is CNCC(OC)c1ccc(C)cc1OC. The zero-order chi connectivity index (χ0) is 11.3. The van der Waals surface area contributed by atoms with Gasteiger partial charge in [-0.3, -0.25) is 0 Å². The second-order valence-corrected chi connectivity index (χ2v) is 3.53. The van der Waals surface area contributed by atoms with E-state index in [1.54, 1.807) is 14.2 Å². The highest BCUT2D eigenvalue weighted by Gasteiger charge is 2.14. The summed E-state index contributed by atoms with van der Waals surface area (Å²) in [7, 11) is 5.30. The van der Waals surface area contributed by atoms with Gasteiger partial charge in [0.1, 0.15) is 5.75 Å². The molecule has 1 atom stereocenters. The van der Waals surface area contributed by atoms with E-state index >= 15 is 0 Å². The van der Waals surface area contributed by atoms with Gasteiger partial charge in [0.2, 0.25) is 0 Å². The standard InChI is InChI=1S/C12H19NO2/c1-9-5-6-10(11(7-9)14-3)12(15-4)8-13-2/h5-7,12-13H,8H2,1-4H3. The van der Waals surface area contributed by atoms with Crippen LogP contribution in [0.25, 0.3) is 0 Å². The fraction of sp³-hybridized carbons (Fsp3) is 0.500. The van der Waals surface area contributed by atoms with E-state index in [4.69, 9.17) is 9.47 Å². The summed E-state index contributed by atoms with van der Waals surface area (Å²) >= 11 is 0. The number of aryl methyl sites for hydroxylation is 1. The third-order valence-corrected chi connectivity index (χ3v) is 2.41. The number of nitrogens with one attached hydrogen (secondary N) is 1. The lowest BCUT2D eigenvalue weighted by atomic mass is 10.1. The van der Waals surface area contributed by atoms with Crippen molar-refractivity contribution in [2.24, 2.45) is 0 Å². The Hall–Kier alpha value is -1.06. The van der Waals surface area contributed by atoms with Crippen molar-refractivity contribution in [2.45, 2.75) is 13.0 Å². The molecular weight excluding hydrogens is 190 g/mol. The lowest BCUT2D eigenvalue weighted by Gasteiger charge is -2.18. The van der Waals surface area contributed by atoms with Gasteiger partial charge in [0.25, 0.3) is 0 Å². The molecule has 1 aromatic carbocycles. The number of benzene rings is 1. The summed E-state index contributed by atoms with van der Waals surface area (Å²) in [6, 6.07) is 6.15. The van der Waals surface area contributed by atoms with Gasteiger partial charge in [-0.25, -0.2) is 0 Å². The van der Waals surface area contributed by atoms with Crippen LogP contribution in [0.2, 0.25) is 0 Å².